The largest absolute Gasteiger partial charge is 0.420 e. The summed E-state index contributed by atoms with van der Waals surface area (Å²) < 4.78 is 17.5. The number of fused-ring (bicyclic) bond motifs is 1. The molecule has 7 nitrogen and oxygen atoms in total. The van der Waals surface area contributed by atoms with Gasteiger partial charge in [0.05, 0.1) is 5.52 Å². The molecule has 0 unspecified atom stereocenters. The molecule has 0 bridgehead atoms. The van der Waals surface area contributed by atoms with E-state index < -0.39 is 5.76 Å². The summed E-state index contributed by atoms with van der Waals surface area (Å²) in [7, 11) is 0. The van der Waals surface area contributed by atoms with Crippen LogP contribution in [0, 0.1) is 5.92 Å². The number of benzene rings is 1. The lowest BCUT2D eigenvalue weighted by Crippen LogP contribution is -2.15. The standard InChI is InChI=1S/C16H19N3O4/c1-10(2)9-21-11(3)15-17-14(23-18-15)8-19-12-6-4-5-7-13(12)22-16(19)20/h4-7,10-11H,8-9H2,1-3H3/t11-/m0/s1. The fraction of sp³-hybridized carbons (Fsp3) is 0.438. The van der Waals surface area contributed by atoms with Gasteiger partial charge < -0.3 is 13.7 Å². The lowest BCUT2D eigenvalue weighted by Gasteiger charge is -2.10. The van der Waals surface area contributed by atoms with E-state index in [-0.39, 0.29) is 12.6 Å². The van der Waals surface area contributed by atoms with Crippen LogP contribution >= 0.6 is 0 Å². The lowest BCUT2D eigenvalue weighted by atomic mass is 10.2. The molecule has 1 aromatic carbocycles. The van der Waals surface area contributed by atoms with E-state index in [1.807, 2.05) is 25.1 Å². The highest BCUT2D eigenvalue weighted by Gasteiger charge is 2.17. The van der Waals surface area contributed by atoms with Gasteiger partial charge in [-0.15, -0.1) is 0 Å². The maximum Gasteiger partial charge on any atom is 0.420 e. The molecule has 3 aromatic rings. The molecular weight excluding hydrogens is 298 g/mol. The normalized spacial score (nSPS) is 13.0. The van der Waals surface area contributed by atoms with Crippen molar-refractivity contribution in [2.75, 3.05) is 6.61 Å². The number of hydrogen-bond donors (Lipinski definition) is 0. The van der Waals surface area contributed by atoms with Crippen molar-refractivity contribution < 1.29 is 13.7 Å². The van der Waals surface area contributed by atoms with Gasteiger partial charge in [-0.1, -0.05) is 31.1 Å². The summed E-state index contributed by atoms with van der Waals surface area (Å²) in [6, 6.07) is 7.21. The molecule has 0 radical (unpaired) electrons. The van der Waals surface area contributed by atoms with Crippen molar-refractivity contribution in [3.63, 3.8) is 0 Å². The van der Waals surface area contributed by atoms with Gasteiger partial charge in [-0.3, -0.25) is 4.57 Å². The van der Waals surface area contributed by atoms with E-state index in [4.69, 9.17) is 13.7 Å². The highest BCUT2D eigenvalue weighted by atomic mass is 16.5. The van der Waals surface area contributed by atoms with Gasteiger partial charge >= 0.3 is 5.76 Å². The van der Waals surface area contributed by atoms with Crippen LogP contribution in [0.3, 0.4) is 0 Å². The fourth-order valence-corrected chi connectivity index (χ4v) is 2.21. The third kappa shape index (κ3) is 3.34. The maximum absolute atomic E-state index is 11.9. The van der Waals surface area contributed by atoms with Crippen LogP contribution in [-0.4, -0.2) is 21.3 Å². The van der Waals surface area contributed by atoms with E-state index in [0.29, 0.717) is 35.3 Å². The zero-order chi connectivity index (χ0) is 16.4. The van der Waals surface area contributed by atoms with Crippen molar-refractivity contribution in [2.24, 2.45) is 5.92 Å². The zero-order valence-corrected chi connectivity index (χ0v) is 13.4. The van der Waals surface area contributed by atoms with Crippen molar-refractivity contribution in [1.82, 2.24) is 14.7 Å². The highest BCUT2D eigenvalue weighted by molar-refractivity contribution is 5.72. The maximum atomic E-state index is 11.9. The predicted octanol–water partition coefficient (Wildman–Crippen LogP) is 2.76. The molecule has 0 aliphatic heterocycles. The Morgan fingerprint density at radius 3 is 2.83 bits per heavy atom. The molecule has 0 fully saturated rings. The van der Waals surface area contributed by atoms with E-state index in [1.165, 1.54) is 4.57 Å². The first-order valence-corrected chi connectivity index (χ1v) is 7.57. The quantitative estimate of drug-likeness (QED) is 0.695. The van der Waals surface area contributed by atoms with Gasteiger partial charge in [0, 0.05) is 6.61 Å². The molecule has 23 heavy (non-hydrogen) atoms. The van der Waals surface area contributed by atoms with E-state index in [9.17, 15) is 4.79 Å². The number of hydrogen-bond acceptors (Lipinski definition) is 6. The van der Waals surface area contributed by atoms with Crippen LogP contribution < -0.4 is 5.76 Å². The Hall–Kier alpha value is -2.41. The van der Waals surface area contributed by atoms with E-state index >= 15 is 0 Å². The molecule has 3 rings (SSSR count). The van der Waals surface area contributed by atoms with Crippen molar-refractivity contribution in [1.29, 1.82) is 0 Å². The Morgan fingerprint density at radius 2 is 2.04 bits per heavy atom. The number of oxazole rings is 1. The Morgan fingerprint density at radius 1 is 1.26 bits per heavy atom. The Bertz CT molecular complexity index is 846. The summed E-state index contributed by atoms with van der Waals surface area (Å²) in [6.07, 6.45) is -0.257. The zero-order valence-electron chi connectivity index (χ0n) is 13.4. The molecule has 1 atom stereocenters. The molecule has 122 valence electrons. The molecule has 0 aliphatic rings. The van der Waals surface area contributed by atoms with Gasteiger partial charge in [0.25, 0.3) is 0 Å². The lowest BCUT2D eigenvalue weighted by molar-refractivity contribution is 0.0402. The third-order valence-corrected chi connectivity index (χ3v) is 3.39. The van der Waals surface area contributed by atoms with Crippen LogP contribution in [0.2, 0.25) is 0 Å². The minimum Gasteiger partial charge on any atom is -0.408 e. The number of ether oxygens (including phenoxy) is 1. The minimum absolute atomic E-state index is 0.166. The van der Waals surface area contributed by atoms with Gasteiger partial charge in [0.15, 0.2) is 11.4 Å². The Kier molecular flexibility index (Phi) is 4.29. The SMILES string of the molecule is CC(C)CO[C@@H](C)c1noc(Cn2c(=O)oc3ccccc32)n1. The second-order valence-corrected chi connectivity index (χ2v) is 5.84. The molecule has 0 N–H and O–H groups in total. The Labute approximate surface area is 132 Å². The average Bonchev–Trinajstić information content (AvgIpc) is 3.11. The molecule has 2 aromatic heterocycles. The summed E-state index contributed by atoms with van der Waals surface area (Å²) in [5.41, 5.74) is 1.23. The predicted molar refractivity (Wildman–Crippen MR) is 83.1 cm³/mol. The van der Waals surface area contributed by atoms with Gasteiger partial charge in [-0.25, -0.2) is 4.79 Å². The summed E-state index contributed by atoms with van der Waals surface area (Å²) in [5, 5.41) is 3.93. The summed E-state index contributed by atoms with van der Waals surface area (Å²) in [6.45, 7) is 6.81. The van der Waals surface area contributed by atoms with E-state index in [1.54, 1.807) is 6.07 Å². The van der Waals surface area contributed by atoms with Crippen molar-refractivity contribution in [3.05, 3.63) is 46.5 Å². The highest BCUT2D eigenvalue weighted by Crippen LogP contribution is 2.16. The molecule has 0 saturated heterocycles. The second-order valence-electron chi connectivity index (χ2n) is 5.84. The van der Waals surface area contributed by atoms with Crippen molar-refractivity contribution >= 4 is 11.1 Å². The molecule has 0 amide bonds. The number of nitrogens with zero attached hydrogens (tertiary/aromatic N) is 3. The Balaban J connectivity index is 1.78. The van der Waals surface area contributed by atoms with Crippen LogP contribution in [0.1, 0.15) is 38.6 Å². The van der Waals surface area contributed by atoms with Gasteiger partial charge in [0.1, 0.15) is 12.6 Å². The van der Waals surface area contributed by atoms with Gasteiger partial charge in [-0.05, 0) is 25.0 Å². The van der Waals surface area contributed by atoms with Gasteiger partial charge in [-0.2, -0.15) is 4.98 Å². The van der Waals surface area contributed by atoms with E-state index in [0.717, 1.165) is 0 Å². The number of aromatic nitrogens is 3. The summed E-state index contributed by atoms with van der Waals surface area (Å²) in [5.74, 6) is 0.796. The topological polar surface area (TPSA) is 83.3 Å². The third-order valence-electron chi connectivity index (χ3n) is 3.39. The number of para-hydroxylation sites is 2. The fourth-order valence-electron chi connectivity index (χ4n) is 2.21. The first-order valence-electron chi connectivity index (χ1n) is 7.57. The van der Waals surface area contributed by atoms with E-state index in [2.05, 4.69) is 24.0 Å². The molecule has 0 spiro atoms. The molecule has 0 saturated carbocycles. The second kappa shape index (κ2) is 6.37. The minimum atomic E-state index is -0.449. The smallest absolute Gasteiger partial charge is 0.408 e. The first-order chi connectivity index (χ1) is 11.0. The number of rotatable bonds is 6. The van der Waals surface area contributed by atoms with Crippen LogP contribution in [0.15, 0.2) is 38.0 Å². The summed E-state index contributed by atoms with van der Waals surface area (Å²) in [4.78, 5) is 16.2. The van der Waals surface area contributed by atoms with Crippen LogP contribution in [0.4, 0.5) is 0 Å². The van der Waals surface area contributed by atoms with Crippen molar-refractivity contribution in [2.45, 2.75) is 33.4 Å². The molecular formula is C16H19N3O4. The monoisotopic (exact) mass is 317 g/mol. The molecule has 7 heteroatoms. The van der Waals surface area contributed by atoms with Crippen molar-refractivity contribution in [3.8, 4) is 0 Å². The molecule has 2 heterocycles. The van der Waals surface area contributed by atoms with Gasteiger partial charge in [0.2, 0.25) is 5.89 Å². The van der Waals surface area contributed by atoms with Crippen LogP contribution in [-0.2, 0) is 11.3 Å². The average molecular weight is 317 g/mol. The van der Waals surface area contributed by atoms with Crippen LogP contribution in [0.25, 0.3) is 11.1 Å². The van der Waals surface area contributed by atoms with Crippen LogP contribution in [0.5, 0.6) is 0 Å². The first kappa shape index (κ1) is 15.5. The molecule has 0 aliphatic carbocycles. The summed E-state index contributed by atoms with van der Waals surface area (Å²) >= 11 is 0.